The molecule has 1 atom stereocenters. The molecule has 1 aliphatic heterocycles. The fraction of sp³-hybridized carbons (Fsp3) is 0.700. The highest BCUT2D eigenvalue weighted by Gasteiger charge is 2.24. The SMILES string of the molecule is C[C@H](NC(=O)N1CCCN(C)C(=O)C1)C(=O)O. The third-order valence-electron chi connectivity index (χ3n) is 2.67. The number of rotatable bonds is 2. The number of aliphatic carboxylic acids is 1. The Morgan fingerprint density at radius 1 is 1.41 bits per heavy atom. The summed E-state index contributed by atoms with van der Waals surface area (Å²) in [5.41, 5.74) is 0. The van der Waals surface area contributed by atoms with Crippen molar-refractivity contribution in [2.45, 2.75) is 19.4 Å². The number of hydrogen-bond donors (Lipinski definition) is 2. The number of carbonyl (C=O) groups is 3. The summed E-state index contributed by atoms with van der Waals surface area (Å²) in [5.74, 6) is -1.24. The predicted octanol–water partition coefficient (Wildman–Crippen LogP) is -0.667. The molecule has 3 amide bonds. The van der Waals surface area contributed by atoms with Gasteiger partial charge in [-0.1, -0.05) is 0 Å². The first-order valence-electron chi connectivity index (χ1n) is 5.44. The highest BCUT2D eigenvalue weighted by molar-refractivity contribution is 5.86. The fourth-order valence-electron chi connectivity index (χ4n) is 1.50. The quantitative estimate of drug-likeness (QED) is 0.673. The minimum absolute atomic E-state index is 0.00529. The highest BCUT2D eigenvalue weighted by Crippen LogP contribution is 2.03. The molecule has 0 bridgehead atoms. The zero-order chi connectivity index (χ0) is 13.0. The second-order valence-corrected chi connectivity index (χ2v) is 4.10. The summed E-state index contributed by atoms with van der Waals surface area (Å²) >= 11 is 0. The van der Waals surface area contributed by atoms with Crippen LogP contribution >= 0.6 is 0 Å². The Kier molecular flexibility index (Phi) is 4.30. The molecule has 1 heterocycles. The Labute approximate surface area is 99.4 Å². The number of carboxylic acid groups (broad SMARTS) is 1. The van der Waals surface area contributed by atoms with Gasteiger partial charge in [0.25, 0.3) is 0 Å². The maximum Gasteiger partial charge on any atom is 0.325 e. The molecule has 7 nitrogen and oxygen atoms in total. The summed E-state index contributed by atoms with van der Waals surface area (Å²) in [7, 11) is 1.68. The third kappa shape index (κ3) is 3.61. The van der Waals surface area contributed by atoms with Gasteiger partial charge >= 0.3 is 12.0 Å². The van der Waals surface area contributed by atoms with E-state index >= 15 is 0 Å². The van der Waals surface area contributed by atoms with Crippen LogP contribution in [0.1, 0.15) is 13.3 Å². The number of carboxylic acids is 1. The van der Waals surface area contributed by atoms with Crippen LogP contribution < -0.4 is 5.32 Å². The van der Waals surface area contributed by atoms with Crippen molar-refractivity contribution in [3.63, 3.8) is 0 Å². The van der Waals surface area contributed by atoms with E-state index in [1.807, 2.05) is 0 Å². The smallest absolute Gasteiger partial charge is 0.325 e. The first kappa shape index (κ1) is 13.3. The van der Waals surface area contributed by atoms with Crippen molar-refractivity contribution in [1.82, 2.24) is 15.1 Å². The fourth-order valence-corrected chi connectivity index (χ4v) is 1.50. The van der Waals surface area contributed by atoms with E-state index in [9.17, 15) is 14.4 Å². The van der Waals surface area contributed by atoms with Crippen LogP contribution in [0.5, 0.6) is 0 Å². The molecule has 7 heteroatoms. The molecule has 0 spiro atoms. The maximum absolute atomic E-state index is 11.7. The van der Waals surface area contributed by atoms with Gasteiger partial charge < -0.3 is 20.2 Å². The number of amides is 3. The number of hydrogen-bond acceptors (Lipinski definition) is 3. The number of likely N-dealkylation sites (N-methyl/N-ethyl adjacent to an activating group) is 1. The Morgan fingerprint density at radius 3 is 2.65 bits per heavy atom. The molecule has 1 fully saturated rings. The molecule has 1 aliphatic rings. The van der Waals surface area contributed by atoms with Crippen LogP contribution in [0.15, 0.2) is 0 Å². The second kappa shape index (κ2) is 5.51. The summed E-state index contributed by atoms with van der Waals surface area (Å²) in [5, 5.41) is 11.0. The van der Waals surface area contributed by atoms with E-state index in [2.05, 4.69) is 5.32 Å². The van der Waals surface area contributed by atoms with Crippen molar-refractivity contribution in [1.29, 1.82) is 0 Å². The molecule has 0 radical (unpaired) electrons. The lowest BCUT2D eigenvalue weighted by Gasteiger charge is -2.21. The Balaban J connectivity index is 2.57. The van der Waals surface area contributed by atoms with Crippen LogP contribution in [0.2, 0.25) is 0 Å². The molecular formula is C10H17N3O4. The Morgan fingerprint density at radius 2 is 2.06 bits per heavy atom. The van der Waals surface area contributed by atoms with Crippen molar-refractivity contribution >= 4 is 17.9 Å². The van der Waals surface area contributed by atoms with Gasteiger partial charge in [-0.05, 0) is 13.3 Å². The number of nitrogens with one attached hydrogen (secondary N) is 1. The van der Waals surface area contributed by atoms with Crippen LogP contribution in [-0.2, 0) is 9.59 Å². The van der Waals surface area contributed by atoms with Crippen LogP contribution in [-0.4, -0.2) is 65.5 Å². The average molecular weight is 243 g/mol. The van der Waals surface area contributed by atoms with E-state index in [1.54, 1.807) is 11.9 Å². The standard InChI is InChI=1S/C10H17N3O4/c1-7(9(15)16)11-10(17)13-5-3-4-12(2)8(14)6-13/h7H,3-6H2,1-2H3,(H,11,17)(H,15,16)/t7-/m0/s1. The molecule has 0 unspecified atom stereocenters. The van der Waals surface area contributed by atoms with Gasteiger partial charge in [0.15, 0.2) is 0 Å². The van der Waals surface area contributed by atoms with E-state index in [1.165, 1.54) is 11.8 Å². The predicted molar refractivity (Wildman–Crippen MR) is 59.5 cm³/mol. The lowest BCUT2D eigenvalue weighted by molar-refractivity contribution is -0.138. The van der Waals surface area contributed by atoms with Crippen molar-refractivity contribution in [2.24, 2.45) is 0 Å². The lowest BCUT2D eigenvalue weighted by Crippen LogP contribution is -2.48. The number of urea groups is 1. The van der Waals surface area contributed by atoms with Gasteiger partial charge in [0, 0.05) is 20.1 Å². The molecule has 0 aromatic heterocycles. The average Bonchev–Trinajstić information content (AvgIpc) is 2.41. The first-order chi connectivity index (χ1) is 7.91. The maximum atomic E-state index is 11.7. The normalized spacial score (nSPS) is 18.6. The van der Waals surface area contributed by atoms with Gasteiger partial charge in [-0.15, -0.1) is 0 Å². The van der Waals surface area contributed by atoms with Gasteiger partial charge in [0.1, 0.15) is 12.6 Å². The topological polar surface area (TPSA) is 90.0 Å². The van der Waals surface area contributed by atoms with Crippen LogP contribution in [0, 0.1) is 0 Å². The van der Waals surface area contributed by atoms with Crippen LogP contribution in [0.3, 0.4) is 0 Å². The van der Waals surface area contributed by atoms with Crippen molar-refractivity contribution in [3.8, 4) is 0 Å². The van der Waals surface area contributed by atoms with E-state index in [0.717, 1.165) is 0 Å². The van der Waals surface area contributed by atoms with Gasteiger partial charge in [0.05, 0.1) is 0 Å². The summed E-state index contributed by atoms with van der Waals surface area (Å²) in [6.45, 7) is 2.44. The second-order valence-electron chi connectivity index (χ2n) is 4.10. The number of carbonyl (C=O) groups excluding carboxylic acids is 2. The molecule has 1 rings (SSSR count). The molecule has 1 saturated heterocycles. The molecule has 17 heavy (non-hydrogen) atoms. The van der Waals surface area contributed by atoms with E-state index in [0.29, 0.717) is 19.5 Å². The number of nitrogens with zero attached hydrogens (tertiary/aromatic N) is 2. The zero-order valence-corrected chi connectivity index (χ0v) is 9.97. The largest absolute Gasteiger partial charge is 0.480 e. The van der Waals surface area contributed by atoms with Crippen molar-refractivity contribution in [3.05, 3.63) is 0 Å². The molecule has 0 aliphatic carbocycles. The van der Waals surface area contributed by atoms with Crippen molar-refractivity contribution < 1.29 is 19.5 Å². The summed E-state index contributed by atoms with van der Waals surface area (Å²) in [6, 6.07) is -1.47. The van der Waals surface area contributed by atoms with Crippen LogP contribution in [0.4, 0.5) is 4.79 Å². The molecule has 96 valence electrons. The minimum Gasteiger partial charge on any atom is -0.480 e. The third-order valence-corrected chi connectivity index (χ3v) is 2.67. The Hall–Kier alpha value is -1.79. The summed E-state index contributed by atoms with van der Waals surface area (Å²) in [4.78, 5) is 36.7. The van der Waals surface area contributed by atoms with Crippen LogP contribution in [0.25, 0.3) is 0 Å². The lowest BCUT2D eigenvalue weighted by atomic mass is 10.3. The van der Waals surface area contributed by atoms with E-state index < -0.39 is 18.0 Å². The van der Waals surface area contributed by atoms with Gasteiger partial charge in [-0.25, -0.2) is 4.79 Å². The summed E-state index contributed by atoms with van der Waals surface area (Å²) in [6.07, 6.45) is 0.692. The van der Waals surface area contributed by atoms with E-state index in [4.69, 9.17) is 5.11 Å². The van der Waals surface area contributed by atoms with E-state index in [-0.39, 0.29) is 12.5 Å². The first-order valence-corrected chi connectivity index (χ1v) is 5.44. The van der Waals surface area contributed by atoms with Gasteiger partial charge in [0.2, 0.25) is 5.91 Å². The van der Waals surface area contributed by atoms with Gasteiger partial charge in [-0.2, -0.15) is 0 Å². The summed E-state index contributed by atoms with van der Waals surface area (Å²) < 4.78 is 0. The Bertz CT molecular complexity index is 332. The monoisotopic (exact) mass is 243 g/mol. The molecule has 0 saturated carbocycles. The van der Waals surface area contributed by atoms with Gasteiger partial charge in [-0.3, -0.25) is 9.59 Å². The molecule has 0 aromatic rings. The minimum atomic E-state index is -1.10. The molecule has 0 aromatic carbocycles. The molecule has 2 N–H and O–H groups in total. The highest BCUT2D eigenvalue weighted by atomic mass is 16.4. The zero-order valence-electron chi connectivity index (χ0n) is 9.97. The molecular weight excluding hydrogens is 226 g/mol. The van der Waals surface area contributed by atoms with Crippen molar-refractivity contribution in [2.75, 3.05) is 26.7 Å².